The first-order chi connectivity index (χ1) is 7.64. The summed E-state index contributed by atoms with van der Waals surface area (Å²) in [6.45, 7) is 4.31. The molecule has 0 amide bonds. The third-order valence-corrected chi connectivity index (χ3v) is 4.53. The summed E-state index contributed by atoms with van der Waals surface area (Å²) >= 11 is 0. The third-order valence-electron chi connectivity index (χ3n) is 4.53. The molecule has 2 fully saturated rings. The average Bonchev–Trinajstić information content (AvgIpc) is 2.75. The smallest absolute Gasteiger partial charge is 0.204 e. The van der Waals surface area contributed by atoms with Crippen LogP contribution in [0, 0.1) is 12.8 Å². The molecule has 0 bridgehead atoms. The standard InChI is InChI=1S/C13H14N2O/c1-6-5-14-12-9(16)3-10-13(11(6)12)4-8(13)7(2)15-10/h3,5,7-8,14-15H,4H2,1-2H3/t7?,8-,13+/m1/s1. The Bertz CT molecular complexity index is 554. The third kappa shape index (κ3) is 0.701. The molecule has 16 heavy (non-hydrogen) atoms. The van der Waals surface area contributed by atoms with Crippen LogP contribution in [-0.4, -0.2) is 16.8 Å². The fourth-order valence-electron chi connectivity index (χ4n) is 3.76. The van der Waals surface area contributed by atoms with Gasteiger partial charge in [-0.25, -0.2) is 0 Å². The van der Waals surface area contributed by atoms with Crippen LogP contribution in [0.25, 0.3) is 0 Å². The predicted octanol–water partition coefficient (Wildman–Crippen LogP) is 1.65. The van der Waals surface area contributed by atoms with Gasteiger partial charge in [-0.1, -0.05) is 0 Å². The molecule has 1 saturated carbocycles. The topological polar surface area (TPSA) is 44.9 Å². The highest BCUT2D eigenvalue weighted by atomic mass is 16.1. The number of piperidine rings is 1. The lowest BCUT2D eigenvalue weighted by atomic mass is 9.83. The molecule has 3 nitrogen and oxygen atoms in total. The number of hydrogen-bond donors (Lipinski definition) is 2. The van der Waals surface area contributed by atoms with Gasteiger partial charge in [0.2, 0.25) is 5.78 Å². The highest BCUT2D eigenvalue weighted by Crippen LogP contribution is 2.66. The molecule has 0 aromatic carbocycles. The minimum atomic E-state index is 0.121. The second-order valence-electron chi connectivity index (χ2n) is 5.36. The van der Waals surface area contributed by atoms with Gasteiger partial charge < -0.3 is 10.3 Å². The number of aryl methyl sites for hydroxylation is 1. The van der Waals surface area contributed by atoms with Crippen LogP contribution < -0.4 is 5.32 Å². The van der Waals surface area contributed by atoms with E-state index in [2.05, 4.69) is 24.1 Å². The van der Waals surface area contributed by atoms with Crippen LogP contribution in [0.2, 0.25) is 0 Å². The molecule has 1 spiro atoms. The Morgan fingerprint density at radius 3 is 3.06 bits per heavy atom. The zero-order valence-corrected chi connectivity index (χ0v) is 9.42. The first-order valence-corrected chi connectivity index (χ1v) is 5.86. The zero-order chi connectivity index (χ0) is 11.1. The van der Waals surface area contributed by atoms with Crippen molar-refractivity contribution in [2.75, 3.05) is 0 Å². The lowest BCUT2D eigenvalue weighted by Crippen LogP contribution is -2.27. The van der Waals surface area contributed by atoms with Crippen molar-refractivity contribution in [3.8, 4) is 0 Å². The number of aromatic nitrogens is 1. The largest absolute Gasteiger partial charge is 0.385 e. The van der Waals surface area contributed by atoms with Crippen molar-refractivity contribution in [2.45, 2.75) is 31.7 Å². The number of ketones is 1. The Hall–Kier alpha value is -1.51. The van der Waals surface area contributed by atoms with Crippen molar-refractivity contribution in [1.82, 2.24) is 10.3 Å². The average molecular weight is 214 g/mol. The Labute approximate surface area is 93.9 Å². The summed E-state index contributed by atoms with van der Waals surface area (Å²) < 4.78 is 0. The summed E-state index contributed by atoms with van der Waals surface area (Å²) in [5.74, 6) is 0.802. The second-order valence-corrected chi connectivity index (χ2v) is 5.36. The molecule has 3 heteroatoms. The molecule has 1 unspecified atom stereocenters. The molecule has 1 aliphatic heterocycles. The maximum atomic E-state index is 12.0. The van der Waals surface area contributed by atoms with Crippen molar-refractivity contribution < 1.29 is 4.79 Å². The van der Waals surface area contributed by atoms with E-state index in [0.717, 1.165) is 11.4 Å². The van der Waals surface area contributed by atoms with Crippen LogP contribution in [-0.2, 0) is 5.41 Å². The molecule has 4 rings (SSSR count). The van der Waals surface area contributed by atoms with Crippen molar-refractivity contribution in [3.63, 3.8) is 0 Å². The van der Waals surface area contributed by atoms with Crippen LogP contribution in [0.1, 0.15) is 35.0 Å². The van der Waals surface area contributed by atoms with E-state index in [1.165, 1.54) is 17.5 Å². The lowest BCUT2D eigenvalue weighted by molar-refractivity contribution is 0.103. The quantitative estimate of drug-likeness (QED) is 0.689. The van der Waals surface area contributed by atoms with Gasteiger partial charge in [-0.15, -0.1) is 0 Å². The zero-order valence-electron chi connectivity index (χ0n) is 9.42. The summed E-state index contributed by atoms with van der Waals surface area (Å²) in [6.07, 6.45) is 4.96. The highest BCUT2D eigenvalue weighted by molar-refractivity contribution is 6.07. The number of rotatable bonds is 0. The minimum Gasteiger partial charge on any atom is -0.385 e. The molecule has 2 heterocycles. The summed E-state index contributed by atoms with van der Waals surface area (Å²) in [5, 5.41) is 3.46. The Kier molecular flexibility index (Phi) is 1.22. The van der Waals surface area contributed by atoms with Gasteiger partial charge in [-0.05, 0) is 37.3 Å². The molecular formula is C13H14N2O. The van der Waals surface area contributed by atoms with Crippen molar-refractivity contribution in [2.24, 2.45) is 5.92 Å². The number of hydrogen-bond acceptors (Lipinski definition) is 2. The first-order valence-electron chi connectivity index (χ1n) is 5.86. The molecule has 2 aliphatic carbocycles. The number of fused-ring (bicyclic) bond motifs is 1. The summed E-state index contributed by atoms with van der Waals surface area (Å²) in [7, 11) is 0. The Balaban J connectivity index is 2.03. The highest BCUT2D eigenvalue weighted by Gasteiger charge is 2.67. The number of aromatic amines is 1. The van der Waals surface area contributed by atoms with E-state index in [4.69, 9.17) is 0 Å². The van der Waals surface area contributed by atoms with Crippen LogP contribution in [0.4, 0.5) is 0 Å². The monoisotopic (exact) mass is 214 g/mol. The predicted molar refractivity (Wildman–Crippen MR) is 60.3 cm³/mol. The van der Waals surface area contributed by atoms with Crippen molar-refractivity contribution >= 4 is 5.78 Å². The normalized spacial score (nSPS) is 38.4. The van der Waals surface area contributed by atoms with E-state index < -0.39 is 0 Å². The molecule has 3 aliphatic rings. The molecule has 3 atom stereocenters. The van der Waals surface area contributed by atoms with Gasteiger partial charge in [0.05, 0.1) is 5.69 Å². The van der Waals surface area contributed by atoms with Gasteiger partial charge >= 0.3 is 0 Å². The number of H-pyrrole nitrogens is 1. The summed E-state index contributed by atoms with van der Waals surface area (Å²) in [4.78, 5) is 15.1. The van der Waals surface area contributed by atoms with Crippen molar-refractivity contribution in [3.05, 3.63) is 34.8 Å². The van der Waals surface area contributed by atoms with Crippen LogP contribution in [0.5, 0.6) is 0 Å². The maximum absolute atomic E-state index is 12.0. The Morgan fingerprint density at radius 1 is 1.50 bits per heavy atom. The van der Waals surface area contributed by atoms with Crippen LogP contribution >= 0.6 is 0 Å². The minimum absolute atomic E-state index is 0.121. The van der Waals surface area contributed by atoms with Gasteiger partial charge in [-0.2, -0.15) is 0 Å². The molecular weight excluding hydrogens is 200 g/mol. The van der Waals surface area contributed by atoms with E-state index in [0.29, 0.717) is 12.0 Å². The first kappa shape index (κ1) is 8.62. The molecule has 82 valence electrons. The number of nitrogens with one attached hydrogen (secondary N) is 2. The van der Waals surface area contributed by atoms with E-state index in [1.807, 2.05) is 6.20 Å². The van der Waals surface area contributed by atoms with E-state index in [9.17, 15) is 4.79 Å². The Morgan fingerprint density at radius 2 is 2.31 bits per heavy atom. The SMILES string of the molecule is Cc1c[nH]c2c1[C@@]13C[C@@H]1C(C)NC3=CC2=O. The van der Waals surface area contributed by atoms with Gasteiger partial charge in [0, 0.05) is 29.4 Å². The maximum Gasteiger partial charge on any atom is 0.204 e. The van der Waals surface area contributed by atoms with E-state index >= 15 is 0 Å². The molecule has 1 aromatic heterocycles. The second kappa shape index (κ2) is 2.26. The fourth-order valence-corrected chi connectivity index (χ4v) is 3.76. The number of carbonyl (C=O) groups is 1. The van der Waals surface area contributed by atoms with E-state index in [-0.39, 0.29) is 11.2 Å². The number of allylic oxidation sites excluding steroid dienone is 2. The molecule has 1 aromatic rings. The molecule has 1 saturated heterocycles. The summed E-state index contributed by atoms with van der Waals surface area (Å²) in [5.41, 5.74) is 4.63. The van der Waals surface area contributed by atoms with Crippen LogP contribution in [0.3, 0.4) is 0 Å². The van der Waals surface area contributed by atoms with Crippen LogP contribution in [0.15, 0.2) is 18.0 Å². The van der Waals surface area contributed by atoms with Gasteiger partial charge in [0.15, 0.2) is 0 Å². The summed E-state index contributed by atoms with van der Waals surface area (Å²) in [6, 6.07) is 0.499. The molecule has 0 radical (unpaired) electrons. The fraction of sp³-hybridized carbons (Fsp3) is 0.462. The molecule has 2 N–H and O–H groups in total. The number of carbonyl (C=O) groups excluding carboxylic acids is 1. The van der Waals surface area contributed by atoms with Gasteiger partial charge in [0.25, 0.3) is 0 Å². The van der Waals surface area contributed by atoms with E-state index in [1.54, 1.807) is 6.08 Å². The van der Waals surface area contributed by atoms with Gasteiger partial charge in [0.1, 0.15) is 0 Å². The lowest BCUT2D eigenvalue weighted by Gasteiger charge is -2.22. The van der Waals surface area contributed by atoms with Gasteiger partial charge in [-0.3, -0.25) is 4.79 Å². The van der Waals surface area contributed by atoms with Crippen molar-refractivity contribution in [1.29, 1.82) is 0 Å².